The fourth-order valence-electron chi connectivity index (χ4n) is 2.21. The van der Waals surface area contributed by atoms with Gasteiger partial charge in [0.25, 0.3) is 0 Å². The van der Waals surface area contributed by atoms with Gasteiger partial charge in [-0.1, -0.05) is 0 Å². The molecule has 0 saturated carbocycles. The zero-order valence-corrected chi connectivity index (χ0v) is 13.1. The minimum atomic E-state index is -0.0538. The van der Waals surface area contributed by atoms with Crippen LogP contribution in [0, 0.1) is 18.3 Å². The summed E-state index contributed by atoms with van der Waals surface area (Å²) < 4.78 is 7.23. The second-order valence-corrected chi connectivity index (χ2v) is 5.06. The third-order valence-electron chi connectivity index (χ3n) is 3.44. The number of carbonyl (C=O) groups excluding carboxylic acids is 1. The van der Waals surface area contributed by atoms with Crippen LogP contribution >= 0.6 is 0 Å². The summed E-state index contributed by atoms with van der Waals surface area (Å²) in [6.07, 6.45) is 2.88. The molecule has 0 aliphatic heterocycles. The van der Waals surface area contributed by atoms with Crippen LogP contribution in [0.1, 0.15) is 28.5 Å². The van der Waals surface area contributed by atoms with Gasteiger partial charge in [-0.05, 0) is 38.1 Å². The normalized spacial score (nSPS) is 10.2. The molecular formula is C17H13N5O2. The molecule has 1 aromatic carbocycles. The molecule has 0 bridgehead atoms. The summed E-state index contributed by atoms with van der Waals surface area (Å²) in [5, 5.41) is 13.0. The molecule has 0 radical (unpaired) electrons. The molecule has 2 aromatic heterocycles. The van der Waals surface area contributed by atoms with Gasteiger partial charge < -0.3 is 4.74 Å². The SMILES string of the molecule is CC(=O)c1cnn(-c2cc(Oc3ccc(C#N)cc3)ncn2)c1C. The second-order valence-electron chi connectivity index (χ2n) is 5.06. The summed E-state index contributed by atoms with van der Waals surface area (Å²) in [5.74, 6) is 1.34. The van der Waals surface area contributed by atoms with Gasteiger partial charge in [-0.2, -0.15) is 10.4 Å². The lowest BCUT2D eigenvalue weighted by molar-refractivity contribution is 0.101. The van der Waals surface area contributed by atoms with Gasteiger partial charge in [-0.15, -0.1) is 0 Å². The Kier molecular flexibility index (Phi) is 4.03. The number of nitrogens with zero attached hydrogens (tertiary/aromatic N) is 5. The highest BCUT2D eigenvalue weighted by molar-refractivity contribution is 5.94. The number of benzene rings is 1. The Morgan fingerprint density at radius 1 is 1.25 bits per heavy atom. The number of aromatic nitrogens is 4. The fraction of sp³-hybridized carbons (Fsp3) is 0.118. The summed E-state index contributed by atoms with van der Waals surface area (Å²) in [6.45, 7) is 3.29. The molecule has 0 N–H and O–H groups in total. The average molecular weight is 319 g/mol. The standard InChI is InChI=1S/C17H13N5O2/c1-11-15(12(2)23)9-21-22(11)16-7-17(20-10-19-16)24-14-5-3-13(8-18)4-6-14/h3-7,9-10H,1-2H3. The number of rotatable bonds is 4. The van der Waals surface area contributed by atoms with Crippen molar-refractivity contribution < 1.29 is 9.53 Å². The first kappa shape index (κ1) is 15.4. The second kappa shape index (κ2) is 6.30. The van der Waals surface area contributed by atoms with Crippen molar-refractivity contribution in [3.63, 3.8) is 0 Å². The molecule has 3 aromatic rings. The van der Waals surface area contributed by atoms with Gasteiger partial charge in [0, 0.05) is 6.07 Å². The third kappa shape index (κ3) is 2.98. The van der Waals surface area contributed by atoms with Crippen LogP contribution in [0.25, 0.3) is 5.82 Å². The van der Waals surface area contributed by atoms with Crippen LogP contribution in [0.5, 0.6) is 11.6 Å². The van der Waals surface area contributed by atoms with E-state index in [2.05, 4.69) is 15.1 Å². The molecule has 0 saturated heterocycles. The number of ketones is 1. The van der Waals surface area contributed by atoms with E-state index in [1.807, 2.05) is 6.07 Å². The quantitative estimate of drug-likeness (QED) is 0.686. The van der Waals surface area contributed by atoms with Gasteiger partial charge >= 0.3 is 0 Å². The number of carbonyl (C=O) groups is 1. The number of Topliss-reactive ketones (excluding diaryl/α,β-unsaturated/α-hetero) is 1. The summed E-state index contributed by atoms with van der Waals surface area (Å²) in [6, 6.07) is 10.4. The van der Waals surface area contributed by atoms with Crippen molar-refractivity contribution in [3.8, 4) is 23.5 Å². The van der Waals surface area contributed by atoms with Crippen molar-refractivity contribution in [2.75, 3.05) is 0 Å². The summed E-state index contributed by atoms with van der Waals surface area (Å²) >= 11 is 0. The maximum Gasteiger partial charge on any atom is 0.224 e. The van der Waals surface area contributed by atoms with Gasteiger partial charge in [0.1, 0.15) is 12.1 Å². The van der Waals surface area contributed by atoms with E-state index in [-0.39, 0.29) is 5.78 Å². The lowest BCUT2D eigenvalue weighted by Gasteiger charge is -2.07. The van der Waals surface area contributed by atoms with Gasteiger partial charge in [-0.25, -0.2) is 14.6 Å². The van der Waals surface area contributed by atoms with E-state index in [1.54, 1.807) is 41.9 Å². The van der Waals surface area contributed by atoms with Crippen molar-refractivity contribution in [3.05, 3.63) is 59.7 Å². The first-order chi connectivity index (χ1) is 11.6. The van der Waals surface area contributed by atoms with Gasteiger partial charge in [0.2, 0.25) is 5.88 Å². The molecule has 24 heavy (non-hydrogen) atoms. The number of hydrogen-bond donors (Lipinski definition) is 0. The molecule has 7 nitrogen and oxygen atoms in total. The fourth-order valence-corrected chi connectivity index (χ4v) is 2.21. The topological polar surface area (TPSA) is 93.7 Å². The molecular weight excluding hydrogens is 306 g/mol. The first-order valence-corrected chi connectivity index (χ1v) is 7.14. The molecule has 118 valence electrons. The minimum Gasteiger partial charge on any atom is -0.439 e. The average Bonchev–Trinajstić information content (AvgIpc) is 2.97. The van der Waals surface area contributed by atoms with E-state index >= 15 is 0 Å². The zero-order chi connectivity index (χ0) is 17.1. The molecule has 0 unspecified atom stereocenters. The summed E-state index contributed by atoms with van der Waals surface area (Å²) in [4.78, 5) is 19.8. The van der Waals surface area contributed by atoms with Gasteiger partial charge in [0.05, 0.1) is 29.1 Å². The number of nitriles is 1. The smallest absolute Gasteiger partial charge is 0.224 e. The van der Waals surface area contributed by atoms with Crippen molar-refractivity contribution in [2.45, 2.75) is 13.8 Å². The van der Waals surface area contributed by atoms with E-state index in [0.717, 1.165) is 0 Å². The van der Waals surface area contributed by atoms with Crippen LogP contribution in [-0.2, 0) is 0 Å². The molecule has 3 rings (SSSR count). The summed E-state index contributed by atoms with van der Waals surface area (Å²) in [7, 11) is 0. The molecule has 0 spiro atoms. The largest absolute Gasteiger partial charge is 0.439 e. The summed E-state index contributed by atoms with van der Waals surface area (Å²) in [5.41, 5.74) is 1.79. The van der Waals surface area contributed by atoms with Crippen LogP contribution in [-0.4, -0.2) is 25.5 Å². The van der Waals surface area contributed by atoms with Gasteiger partial charge in [0.15, 0.2) is 11.6 Å². The van der Waals surface area contributed by atoms with Crippen LogP contribution in [0.4, 0.5) is 0 Å². The van der Waals surface area contributed by atoms with Crippen molar-refractivity contribution >= 4 is 5.78 Å². The molecule has 0 fully saturated rings. The lowest BCUT2D eigenvalue weighted by atomic mass is 10.2. The van der Waals surface area contributed by atoms with Crippen LogP contribution in [0.2, 0.25) is 0 Å². The van der Waals surface area contributed by atoms with Crippen LogP contribution in [0.3, 0.4) is 0 Å². The van der Waals surface area contributed by atoms with E-state index < -0.39 is 0 Å². The Balaban J connectivity index is 1.89. The molecule has 0 atom stereocenters. The Morgan fingerprint density at radius 3 is 2.62 bits per heavy atom. The first-order valence-electron chi connectivity index (χ1n) is 7.14. The monoisotopic (exact) mass is 319 g/mol. The van der Waals surface area contributed by atoms with E-state index in [1.165, 1.54) is 19.4 Å². The Labute approximate surface area is 138 Å². The minimum absolute atomic E-state index is 0.0538. The molecule has 0 aliphatic rings. The van der Waals surface area contributed by atoms with E-state index in [9.17, 15) is 4.79 Å². The van der Waals surface area contributed by atoms with Crippen LogP contribution < -0.4 is 4.74 Å². The maximum atomic E-state index is 11.5. The Bertz CT molecular complexity index is 938. The van der Waals surface area contributed by atoms with Crippen molar-refractivity contribution in [2.24, 2.45) is 0 Å². The predicted molar refractivity (Wildman–Crippen MR) is 85.1 cm³/mol. The molecule has 0 amide bonds. The van der Waals surface area contributed by atoms with E-state index in [4.69, 9.17) is 10.00 Å². The highest BCUT2D eigenvalue weighted by atomic mass is 16.5. The predicted octanol–water partition coefficient (Wildman–Crippen LogP) is 2.84. The van der Waals surface area contributed by atoms with Crippen LogP contribution in [0.15, 0.2) is 42.9 Å². The highest BCUT2D eigenvalue weighted by Crippen LogP contribution is 2.21. The number of ether oxygens (including phenoxy) is 1. The number of hydrogen-bond acceptors (Lipinski definition) is 6. The van der Waals surface area contributed by atoms with Crippen molar-refractivity contribution in [1.82, 2.24) is 19.7 Å². The van der Waals surface area contributed by atoms with E-state index in [0.29, 0.717) is 34.3 Å². The molecule has 2 heterocycles. The van der Waals surface area contributed by atoms with Crippen molar-refractivity contribution in [1.29, 1.82) is 5.26 Å². The molecule has 7 heteroatoms. The van der Waals surface area contributed by atoms with Gasteiger partial charge in [-0.3, -0.25) is 4.79 Å². The third-order valence-corrected chi connectivity index (χ3v) is 3.44. The Hall–Kier alpha value is -3.53. The highest BCUT2D eigenvalue weighted by Gasteiger charge is 2.13. The Morgan fingerprint density at radius 2 is 2.00 bits per heavy atom. The zero-order valence-electron chi connectivity index (χ0n) is 13.1. The lowest BCUT2D eigenvalue weighted by Crippen LogP contribution is -2.04. The molecule has 0 aliphatic carbocycles. The maximum absolute atomic E-state index is 11.5.